The van der Waals surface area contributed by atoms with Gasteiger partial charge in [0.05, 0.1) is 0 Å². The molecule has 2 aromatic carbocycles. The van der Waals surface area contributed by atoms with Crippen LogP contribution in [0.3, 0.4) is 0 Å². The number of fused-ring (bicyclic) bond motifs is 1. The second-order valence-corrected chi connectivity index (χ2v) is 9.59. The first-order valence-corrected chi connectivity index (χ1v) is 11.5. The Bertz CT molecular complexity index is 1040. The fourth-order valence-corrected chi connectivity index (χ4v) is 4.37. The van der Waals surface area contributed by atoms with E-state index in [0.29, 0.717) is 30.8 Å². The Hall–Kier alpha value is -3.35. The molecule has 1 unspecified atom stereocenters. The van der Waals surface area contributed by atoms with Gasteiger partial charge in [-0.1, -0.05) is 18.2 Å². The van der Waals surface area contributed by atoms with Crippen molar-refractivity contribution in [3.63, 3.8) is 0 Å². The minimum absolute atomic E-state index is 0.0544. The second-order valence-electron chi connectivity index (χ2n) is 9.59. The molecule has 1 fully saturated rings. The van der Waals surface area contributed by atoms with Crippen LogP contribution in [0.4, 0.5) is 16.2 Å². The number of hydrogen-bond acceptors (Lipinski definition) is 4. The molecule has 7 nitrogen and oxygen atoms in total. The van der Waals surface area contributed by atoms with Gasteiger partial charge in [0, 0.05) is 30.0 Å². The molecule has 2 aliphatic heterocycles. The molecule has 1 atom stereocenters. The van der Waals surface area contributed by atoms with Crippen LogP contribution in [-0.4, -0.2) is 47.5 Å². The van der Waals surface area contributed by atoms with Crippen molar-refractivity contribution < 1.29 is 19.1 Å². The topological polar surface area (TPSA) is 79.0 Å². The quantitative estimate of drug-likeness (QED) is 0.742. The highest BCUT2D eigenvalue weighted by Gasteiger charge is 2.35. The number of para-hydroxylation sites is 1. The van der Waals surface area contributed by atoms with Crippen LogP contribution < -0.4 is 10.2 Å². The number of carbonyl (C=O) groups is 3. The normalized spacial score (nSPS) is 18.0. The van der Waals surface area contributed by atoms with Crippen LogP contribution in [-0.2, 0) is 16.0 Å². The smallest absolute Gasteiger partial charge is 0.410 e. The van der Waals surface area contributed by atoms with Crippen molar-refractivity contribution in [2.24, 2.45) is 0 Å². The van der Waals surface area contributed by atoms with Crippen LogP contribution in [0.15, 0.2) is 48.5 Å². The highest BCUT2D eigenvalue weighted by molar-refractivity contribution is 6.07. The van der Waals surface area contributed by atoms with Gasteiger partial charge in [0.2, 0.25) is 5.91 Å². The molecule has 0 bridgehead atoms. The number of nitrogens with zero attached hydrogens (tertiary/aromatic N) is 2. The highest BCUT2D eigenvalue weighted by atomic mass is 16.6. The predicted octanol–water partition coefficient (Wildman–Crippen LogP) is 4.62. The van der Waals surface area contributed by atoms with E-state index in [0.717, 1.165) is 24.9 Å². The molecular weight excluding hydrogens is 418 g/mol. The molecule has 2 aliphatic rings. The van der Waals surface area contributed by atoms with Crippen molar-refractivity contribution >= 4 is 29.3 Å². The zero-order valence-corrected chi connectivity index (χ0v) is 19.5. The molecule has 3 amide bonds. The second kappa shape index (κ2) is 9.25. The van der Waals surface area contributed by atoms with Gasteiger partial charge in [0.15, 0.2) is 0 Å². The van der Waals surface area contributed by atoms with Crippen LogP contribution in [0.5, 0.6) is 0 Å². The number of hydrogen-bond donors (Lipinski definition) is 1. The summed E-state index contributed by atoms with van der Waals surface area (Å²) in [5.41, 5.74) is 2.68. The first-order valence-electron chi connectivity index (χ1n) is 11.5. The summed E-state index contributed by atoms with van der Waals surface area (Å²) in [4.78, 5) is 41.9. The van der Waals surface area contributed by atoms with Gasteiger partial charge in [-0.3, -0.25) is 14.5 Å². The Labute approximate surface area is 194 Å². The zero-order valence-electron chi connectivity index (χ0n) is 19.5. The van der Waals surface area contributed by atoms with E-state index in [1.165, 1.54) is 10.5 Å². The van der Waals surface area contributed by atoms with Crippen molar-refractivity contribution in [1.29, 1.82) is 0 Å². The van der Waals surface area contributed by atoms with Gasteiger partial charge in [-0.25, -0.2) is 4.79 Å². The van der Waals surface area contributed by atoms with Crippen molar-refractivity contribution in [2.75, 3.05) is 23.3 Å². The van der Waals surface area contributed by atoms with Crippen LogP contribution in [0.25, 0.3) is 0 Å². The van der Waals surface area contributed by atoms with E-state index < -0.39 is 17.7 Å². The SMILES string of the molecule is CC(C)(C)OC(=O)N1CCCCC1C(=O)Nc1ccc(C(=O)N2CCc3ccccc32)cc1. The number of amides is 3. The van der Waals surface area contributed by atoms with Gasteiger partial charge >= 0.3 is 6.09 Å². The summed E-state index contributed by atoms with van der Waals surface area (Å²) in [5.74, 6) is -0.297. The average molecular weight is 450 g/mol. The third-order valence-electron chi connectivity index (χ3n) is 5.97. The molecule has 2 aromatic rings. The molecule has 4 rings (SSSR count). The standard InChI is InChI=1S/C26H31N3O4/c1-26(2,3)33-25(32)29-16-7-6-10-22(29)23(30)27-20-13-11-19(12-14-20)24(31)28-17-15-18-8-4-5-9-21(18)28/h4-5,8-9,11-14,22H,6-7,10,15-17H2,1-3H3,(H,27,30). The molecule has 7 heteroatoms. The Kier molecular flexibility index (Phi) is 6.40. The Balaban J connectivity index is 1.41. The molecule has 1 saturated heterocycles. The van der Waals surface area contributed by atoms with Crippen LogP contribution in [0.1, 0.15) is 56.0 Å². The minimum Gasteiger partial charge on any atom is -0.444 e. The molecule has 33 heavy (non-hydrogen) atoms. The Morgan fingerprint density at radius 1 is 0.970 bits per heavy atom. The molecular formula is C26H31N3O4. The van der Waals surface area contributed by atoms with Gasteiger partial charge in [-0.15, -0.1) is 0 Å². The Morgan fingerprint density at radius 2 is 1.70 bits per heavy atom. The molecule has 0 spiro atoms. The average Bonchev–Trinajstić information content (AvgIpc) is 3.22. The van der Waals surface area contributed by atoms with Crippen LogP contribution in [0, 0.1) is 0 Å². The first-order chi connectivity index (χ1) is 15.7. The fourth-order valence-electron chi connectivity index (χ4n) is 4.37. The number of nitrogens with one attached hydrogen (secondary N) is 1. The molecule has 174 valence electrons. The zero-order chi connectivity index (χ0) is 23.6. The van der Waals surface area contributed by atoms with E-state index in [1.54, 1.807) is 29.2 Å². The summed E-state index contributed by atoms with van der Waals surface area (Å²) in [7, 11) is 0. The molecule has 0 radical (unpaired) electrons. The summed E-state index contributed by atoms with van der Waals surface area (Å²) in [6.45, 7) is 6.60. The number of benzene rings is 2. The Morgan fingerprint density at radius 3 is 2.42 bits per heavy atom. The minimum atomic E-state index is -0.617. The number of carbonyl (C=O) groups excluding carboxylic acids is 3. The van der Waals surface area contributed by atoms with Gasteiger partial charge in [0.25, 0.3) is 5.91 Å². The molecule has 0 aliphatic carbocycles. The van der Waals surface area contributed by atoms with E-state index >= 15 is 0 Å². The number of ether oxygens (including phenoxy) is 1. The summed E-state index contributed by atoms with van der Waals surface area (Å²) < 4.78 is 5.49. The van der Waals surface area contributed by atoms with Gasteiger partial charge in [0.1, 0.15) is 11.6 Å². The van der Waals surface area contributed by atoms with Crippen LogP contribution in [0.2, 0.25) is 0 Å². The third-order valence-corrected chi connectivity index (χ3v) is 5.97. The maximum absolute atomic E-state index is 13.0. The lowest BCUT2D eigenvalue weighted by Gasteiger charge is -2.35. The predicted molar refractivity (Wildman–Crippen MR) is 127 cm³/mol. The summed E-state index contributed by atoms with van der Waals surface area (Å²) in [5, 5.41) is 2.90. The molecule has 2 heterocycles. The van der Waals surface area contributed by atoms with Gasteiger partial charge in [-0.2, -0.15) is 0 Å². The summed E-state index contributed by atoms with van der Waals surface area (Å²) >= 11 is 0. The van der Waals surface area contributed by atoms with Crippen molar-refractivity contribution in [3.8, 4) is 0 Å². The van der Waals surface area contributed by atoms with Crippen molar-refractivity contribution in [3.05, 3.63) is 59.7 Å². The van der Waals surface area contributed by atoms with E-state index in [-0.39, 0.29) is 11.8 Å². The van der Waals surface area contributed by atoms with Crippen molar-refractivity contribution in [2.45, 2.75) is 58.1 Å². The molecule has 0 saturated carbocycles. The number of piperidine rings is 1. The lowest BCUT2D eigenvalue weighted by Crippen LogP contribution is -2.51. The fraction of sp³-hybridized carbons (Fsp3) is 0.423. The van der Waals surface area contributed by atoms with E-state index in [9.17, 15) is 14.4 Å². The molecule has 0 aromatic heterocycles. The van der Waals surface area contributed by atoms with E-state index in [4.69, 9.17) is 4.74 Å². The monoisotopic (exact) mass is 449 g/mol. The number of likely N-dealkylation sites (tertiary alicyclic amines) is 1. The lowest BCUT2D eigenvalue weighted by atomic mass is 10.0. The van der Waals surface area contributed by atoms with E-state index in [1.807, 2.05) is 45.0 Å². The third kappa shape index (κ3) is 5.18. The number of rotatable bonds is 3. The summed E-state index contributed by atoms with van der Waals surface area (Å²) in [6.07, 6.45) is 2.71. The first kappa shape index (κ1) is 22.8. The van der Waals surface area contributed by atoms with Crippen LogP contribution >= 0.6 is 0 Å². The van der Waals surface area contributed by atoms with E-state index in [2.05, 4.69) is 5.32 Å². The lowest BCUT2D eigenvalue weighted by molar-refractivity contribution is -0.122. The van der Waals surface area contributed by atoms with Gasteiger partial charge in [-0.05, 0) is 82.3 Å². The van der Waals surface area contributed by atoms with Crippen molar-refractivity contribution in [1.82, 2.24) is 4.90 Å². The molecule has 1 N–H and O–H groups in total. The largest absolute Gasteiger partial charge is 0.444 e. The summed E-state index contributed by atoms with van der Waals surface area (Å²) in [6, 6.07) is 14.3. The maximum atomic E-state index is 13.0. The highest BCUT2D eigenvalue weighted by Crippen LogP contribution is 2.29. The maximum Gasteiger partial charge on any atom is 0.410 e. The van der Waals surface area contributed by atoms with Gasteiger partial charge < -0.3 is 15.0 Å². The number of anilines is 2.